The predicted octanol–water partition coefficient (Wildman–Crippen LogP) is 18.0. The number of hydrogen-bond donors (Lipinski definition) is 0. The molecule has 69 heavy (non-hydrogen) atoms. The molecule has 0 radical (unpaired) electrons. The van der Waals surface area contributed by atoms with Gasteiger partial charge in [0.05, 0.1) is 5.41 Å². The van der Waals surface area contributed by atoms with E-state index in [1.165, 1.54) is 111 Å². The molecule has 0 saturated carbocycles. The second-order valence-electron chi connectivity index (χ2n) is 19.6. The maximum absolute atomic E-state index is 2.51. The van der Waals surface area contributed by atoms with Crippen molar-refractivity contribution < 1.29 is 0 Å². The molecule has 324 valence electrons. The molecule has 0 saturated heterocycles. The van der Waals surface area contributed by atoms with Gasteiger partial charge in [0.1, 0.15) is 0 Å². The molecule has 11 aromatic rings. The molecule has 0 unspecified atom stereocenters. The summed E-state index contributed by atoms with van der Waals surface area (Å²) in [6.07, 6.45) is 0. The summed E-state index contributed by atoms with van der Waals surface area (Å²) >= 11 is 0. The summed E-state index contributed by atoms with van der Waals surface area (Å²) in [6, 6.07) is 93.0. The van der Waals surface area contributed by atoms with E-state index in [0.717, 1.165) is 17.1 Å². The summed E-state index contributed by atoms with van der Waals surface area (Å²) < 4.78 is 0. The quantitative estimate of drug-likeness (QED) is 0.161. The van der Waals surface area contributed by atoms with Crippen LogP contribution in [0.25, 0.3) is 77.5 Å². The molecule has 0 bridgehead atoms. The number of benzene rings is 11. The van der Waals surface area contributed by atoms with Crippen LogP contribution >= 0.6 is 0 Å². The topological polar surface area (TPSA) is 3.24 Å². The van der Waals surface area contributed by atoms with Crippen LogP contribution in [0.15, 0.2) is 249 Å². The lowest BCUT2D eigenvalue weighted by Crippen LogP contribution is -2.26. The van der Waals surface area contributed by atoms with E-state index in [2.05, 4.69) is 267 Å². The zero-order chi connectivity index (χ0) is 45.8. The summed E-state index contributed by atoms with van der Waals surface area (Å²) in [5, 5.41) is 2.53. The molecule has 11 aromatic carbocycles. The van der Waals surface area contributed by atoms with E-state index in [0.29, 0.717) is 0 Å². The molecule has 3 aliphatic rings. The number of anilines is 3. The average molecular weight is 878 g/mol. The Hall–Kier alpha value is -8.52. The van der Waals surface area contributed by atoms with Crippen LogP contribution in [0.3, 0.4) is 0 Å². The number of fused-ring (bicyclic) bond motifs is 14. The molecule has 0 amide bonds. The summed E-state index contributed by atoms with van der Waals surface area (Å²) in [5.74, 6) is 0. The molecule has 0 aliphatic heterocycles. The average Bonchev–Trinajstić information content (AvgIpc) is 3.97. The van der Waals surface area contributed by atoms with Crippen LogP contribution < -0.4 is 4.90 Å². The first-order valence-electron chi connectivity index (χ1n) is 24.2. The van der Waals surface area contributed by atoms with Gasteiger partial charge >= 0.3 is 0 Å². The van der Waals surface area contributed by atoms with Crippen molar-refractivity contribution in [2.45, 2.75) is 24.7 Å². The van der Waals surface area contributed by atoms with Crippen molar-refractivity contribution in [2.75, 3.05) is 4.90 Å². The van der Waals surface area contributed by atoms with Crippen molar-refractivity contribution in [1.82, 2.24) is 0 Å². The van der Waals surface area contributed by atoms with Crippen molar-refractivity contribution in [3.8, 4) is 66.8 Å². The van der Waals surface area contributed by atoms with Crippen LogP contribution in [0.5, 0.6) is 0 Å². The number of rotatable bonds is 6. The zero-order valence-electron chi connectivity index (χ0n) is 38.6. The fourth-order valence-electron chi connectivity index (χ4n) is 12.4. The maximum Gasteiger partial charge on any atom is 0.0726 e. The largest absolute Gasteiger partial charge is 0.310 e. The molecule has 1 spiro atoms. The van der Waals surface area contributed by atoms with Crippen molar-refractivity contribution in [3.63, 3.8) is 0 Å². The first-order chi connectivity index (χ1) is 33.9. The van der Waals surface area contributed by atoms with E-state index >= 15 is 0 Å². The van der Waals surface area contributed by atoms with E-state index < -0.39 is 5.41 Å². The normalized spacial score (nSPS) is 13.9. The van der Waals surface area contributed by atoms with Crippen LogP contribution in [-0.2, 0) is 10.8 Å². The highest BCUT2D eigenvalue weighted by molar-refractivity contribution is 5.97. The van der Waals surface area contributed by atoms with Gasteiger partial charge in [0.15, 0.2) is 0 Å². The van der Waals surface area contributed by atoms with Gasteiger partial charge < -0.3 is 4.90 Å². The van der Waals surface area contributed by atoms with E-state index in [4.69, 9.17) is 0 Å². The third kappa shape index (κ3) is 5.84. The van der Waals surface area contributed by atoms with Crippen LogP contribution in [0.1, 0.15) is 47.2 Å². The van der Waals surface area contributed by atoms with Gasteiger partial charge in [-0.25, -0.2) is 0 Å². The molecule has 14 rings (SSSR count). The second-order valence-corrected chi connectivity index (χ2v) is 19.6. The number of hydrogen-bond acceptors (Lipinski definition) is 1. The van der Waals surface area contributed by atoms with Crippen molar-refractivity contribution in [2.24, 2.45) is 0 Å². The molecule has 3 aliphatic carbocycles. The van der Waals surface area contributed by atoms with Crippen molar-refractivity contribution in [1.29, 1.82) is 0 Å². The highest BCUT2D eigenvalue weighted by Gasteiger charge is 2.51. The fraction of sp³-hybridized carbons (Fsp3) is 0.0588. The summed E-state index contributed by atoms with van der Waals surface area (Å²) in [7, 11) is 0. The first-order valence-corrected chi connectivity index (χ1v) is 24.2. The Bertz CT molecular complexity index is 3790. The Morgan fingerprint density at radius 1 is 0.246 bits per heavy atom. The molecule has 0 heterocycles. The lowest BCUT2D eigenvalue weighted by Gasteiger charge is -2.32. The highest BCUT2D eigenvalue weighted by atomic mass is 15.1. The van der Waals surface area contributed by atoms with Crippen LogP contribution in [0, 0.1) is 0 Å². The van der Waals surface area contributed by atoms with Crippen LogP contribution in [0.4, 0.5) is 17.1 Å². The Morgan fingerprint density at radius 2 is 0.623 bits per heavy atom. The minimum atomic E-state index is -0.444. The van der Waals surface area contributed by atoms with Crippen LogP contribution in [0.2, 0.25) is 0 Å². The molecular weight excluding hydrogens is 831 g/mol. The zero-order valence-corrected chi connectivity index (χ0v) is 38.6. The summed E-state index contributed by atoms with van der Waals surface area (Å²) in [6.45, 7) is 4.80. The molecule has 0 fully saturated rings. The Kier molecular flexibility index (Phi) is 8.61. The van der Waals surface area contributed by atoms with Gasteiger partial charge in [0.25, 0.3) is 0 Å². The third-order valence-corrected chi connectivity index (χ3v) is 15.7. The SMILES string of the molecule is CC1(C)c2cc(-c3ccc4ccccc4c3)ccc2-c2ccc(N(c3ccc(-c4ccc(-c5ccccc5)cc4)cc3)c3ccc4c(c3)C3(c5ccccc5-c5ccccc53)c3ccccc3-4)cc21. The molecule has 0 atom stereocenters. The molecule has 1 nitrogen and oxygen atoms in total. The van der Waals surface area contributed by atoms with Gasteiger partial charge in [0, 0.05) is 22.5 Å². The van der Waals surface area contributed by atoms with E-state index in [1.807, 2.05) is 0 Å². The van der Waals surface area contributed by atoms with Gasteiger partial charge in [-0.2, -0.15) is 0 Å². The first kappa shape index (κ1) is 39.6. The van der Waals surface area contributed by atoms with E-state index in [9.17, 15) is 0 Å². The van der Waals surface area contributed by atoms with Gasteiger partial charge in [-0.1, -0.05) is 214 Å². The van der Waals surface area contributed by atoms with E-state index in [-0.39, 0.29) is 5.41 Å². The lowest BCUT2D eigenvalue weighted by atomic mass is 9.70. The number of nitrogens with zero attached hydrogens (tertiary/aromatic N) is 1. The molecular formula is C68H47N. The minimum Gasteiger partial charge on any atom is -0.310 e. The van der Waals surface area contributed by atoms with Gasteiger partial charge in [0.2, 0.25) is 0 Å². The highest BCUT2D eigenvalue weighted by Crippen LogP contribution is 2.63. The van der Waals surface area contributed by atoms with Gasteiger partial charge in [-0.3, -0.25) is 0 Å². The second kappa shape index (κ2) is 15.0. The van der Waals surface area contributed by atoms with E-state index in [1.54, 1.807) is 0 Å². The molecule has 0 aromatic heterocycles. The third-order valence-electron chi connectivity index (χ3n) is 15.7. The van der Waals surface area contributed by atoms with Crippen molar-refractivity contribution >= 4 is 27.8 Å². The van der Waals surface area contributed by atoms with Crippen LogP contribution in [-0.4, -0.2) is 0 Å². The Balaban J connectivity index is 0.921. The minimum absolute atomic E-state index is 0.226. The fourth-order valence-corrected chi connectivity index (χ4v) is 12.4. The summed E-state index contributed by atoms with van der Waals surface area (Å²) in [5.41, 5.74) is 26.0. The predicted molar refractivity (Wildman–Crippen MR) is 289 cm³/mol. The monoisotopic (exact) mass is 877 g/mol. The molecule has 0 N–H and O–H groups in total. The Morgan fingerprint density at radius 3 is 1.22 bits per heavy atom. The Labute approximate surface area is 404 Å². The smallest absolute Gasteiger partial charge is 0.0726 e. The van der Waals surface area contributed by atoms with Crippen molar-refractivity contribution in [3.05, 3.63) is 282 Å². The maximum atomic E-state index is 2.51. The molecule has 1 heteroatoms. The van der Waals surface area contributed by atoms with Gasteiger partial charge in [-0.15, -0.1) is 0 Å². The summed E-state index contributed by atoms with van der Waals surface area (Å²) in [4.78, 5) is 2.49. The van der Waals surface area contributed by atoms with Gasteiger partial charge in [-0.05, 0) is 159 Å². The standard InChI is InChI=1S/C68H47N/c1-67(2)64-41-51(50-29-28-45-16-6-7-17-49(45)40-50)32-37-58(64)59-38-35-53(42-65(59)67)69(52-33-30-48(31-34-52)47-26-24-46(25-27-47)44-14-4-3-5-15-44)54-36-39-60-57-20-10-13-23-63(57)68(66(60)43-54)61-21-11-8-18-55(61)56-19-9-12-22-62(56)68/h3-43H,1-2H3. The lowest BCUT2D eigenvalue weighted by molar-refractivity contribution is 0.660.